The Hall–Kier alpha value is -2.71. The van der Waals surface area contributed by atoms with Crippen LogP contribution in [0.2, 0.25) is 0 Å². The van der Waals surface area contributed by atoms with E-state index in [-0.39, 0.29) is 12.1 Å². The molecule has 0 aromatic heterocycles. The van der Waals surface area contributed by atoms with Crippen LogP contribution in [0.4, 0.5) is 17.1 Å². The summed E-state index contributed by atoms with van der Waals surface area (Å²) in [4.78, 5) is 31.3. The Balaban J connectivity index is 3.08. The van der Waals surface area contributed by atoms with E-state index in [9.17, 15) is 25.0 Å². The van der Waals surface area contributed by atoms with Crippen molar-refractivity contribution in [2.45, 2.75) is 26.3 Å². The van der Waals surface area contributed by atoms with Crippen LogP contribution >= 0.6 is 0 Å². The summed E-state index contributed by atoms with van der Waals surface area (Å²) in [6, 6.07) is 3.06. The summed E-state index contributed by atoms with van der Waals surface area (Å²) in [7, 11) is 0. The molecule has 0 saturated heterocycles. The molecule has 2 N–H and O–H groups in total. The highest BCUT2D eigenvalue weighted by atomic mass is 16.6. The summed E-state index contributed by atoms with van der Waals surface area (Å²) >= 11 is 0. The lowest BCUT2D eigenvalue weighted by molar-refractivity contribution is -0.392. The summed E-state index contributed by atoms with van der Waals surface area (Å²) < 4.78 is 0. The molecular formula is C12H15N3O6. The number of nitrogens with zero attached hydrogens (tertiary/aromatic N) is 2. The van der Waals surface area contributed by atoms with Crippen LogP contribution in [-0.2, 0) is 4.79 Å². The molecule has 0 bridgehead atoms. The van der Waals surface area contributed by atoms with Gasteiger partial charge in [-0.1, -0.05) is 6.92 Å². The lowest BCUT2D eigenvalue weighted by Crippen LogP contribution is -2.23. The molecule has 1 rings (SSSR count). The Morgan fingerprint density at radius 3 is 2.10 bits per heavy atom. The number of aliphatic carboxylic acids is 1. The second kappa shape index (κ2) is 6.64. The summed E-state index contributed by atoms with van der Waals surface area (Å²) in [6.07, 6.45) is 0.179. The normalized spacial score (nSPS) is 13.2. The number of nitro benzene ring substituents is 2. The topological polar surface area (TPSA) is 136 Å². The average Bonchev–Trinajstić information content (AvgIpc) is 2.37. The van der Waals surface area contributed by atoms with Crippen LogP contribution in [0, 0.1) is 26.1 Å². The Morgan fingerprint density at radius 1 is 1.24 bits per heavy atom. The fraction of sp³-hybridized carbons (Fsp3) is 0.417. The number of hydrogen-bond donors (Lipinski definition) is 2. The van der Waals surface area contributed by atoms with Crippen molar-refractivity contribution in [1.29, 1.82) is 0 Å². The Kier molecular flexibility index (Phi) is 5.17. The molecule has 0 aliphatic heterocycles. The second-order valence-corrected chi connectivity index (χ2v) is 4.71. The molecule has 0 heterocycles. The van der Waals surface area contributed by atoms with Gasteiger partial charge in [0.25, 0.3) is 11.4 Å². The third-order valence-corrected chi connectivity index (χ3v) is 2.93. The van der Waals surface area contributed by atoms with Crippen molar-refractivity contribution in [2.75, 3.05) is 5.32 Å². The van der Waals surface area contributed by atoms with Crippen LogP contribution in [0.3, 0.4) is 0 Å². The van der Waals surface area contributed by atoms with Gasteiger partial charge in [-0.05, 0) is 19.4 Å². The number of carbonyl (C=O) groups is 1. The first-order valence-corrected chi connectivity index (χ1v) is 6.15. The van der Waals surface area contributed by atoms with E-state index in [0.717, 1.165) is 12.1 Å². The summed E-state index contributed by atoms with van der Waals surface area (Å²) in [6.45, 7) is 3.11. The van der Waals surface area contributed by atoms with Crippen molar-refractivity contribution in [3.05, 3.63) is 38.4 Å². The van der Waals surface area contributed by atoms with Crippen molar-refractivity contribution in [2.24, 2.45) is 5.92 Å². The van der Waals surface area contributed by atoms with Crippen molar-refractivity contribution >= 4 is 23.0 Å². The van der Waals surface area contributed by atoms with Gasteiger partial charge in [-0.3, -0.25) is 25.0 Å². The van der Waals surface area contributed by atoms with Crippen molar-refractivity contribution in [1.82, 2.24) is 0 Å². The van der Waals surface area contributed by atoms with Gasteiger partial charge in [0.1, 0.15) is 0 Å². The number of nitro groups is 2. The van der Waals surface area contributed by atoms with Crippen LogP contribution in [-0.4, -0.2) is 27.0 Å². The summed E-state index contributed by atoms with van der Waals surface area (Å²) in [5.41, 5.74) is -1.05. The quantitative estimate of drug-likeness (QED) is 0.582. The number of para-hydroxylation sites is 1. The fourth-order valence-electron chi connectivity index (χ4n) is 1.92. The van der Waals surface area contributed by atoms with Gasteiger partial charge in [-0.2, -0.15) is 0 Å². The molecule has 2 unspecified atom stereocenters. The van der Waals surface area contributed by atoms with Gasteiger partial charge in [0.2, 0.25) is 0 Å². The van der Waals surface area contributed by atoms with Gasteiger partial charge >= 0.3 is 5.97 Å². The molecule has 0 spiro atoms. The Labute approximate surface area is 119 Å². The molecule has 0 saturated carbocycles. The second-order valence-electron chi connectivity index (χ2n) is 4.71. The van der Waals surface area contributed by atoms with E-state index in [0.29, 0.717) is 0 Å². The number of nitrogens with one attached hydrogen (secondary N) is 1. The highest BCUT2D eigenvalue weighted by Gasteiger charge is 2.26. The first-order chi connectivity index (χ1) is 9.73. The lowest BCUT2D eigenvalue weighted by atomic mass is 10.0. The van der Waals surface area contributed by atoms with Crippen LogP contribution < -0.4 is 5.32 Å². The first-order valence-electron chi connectivity index (χ1n) is 6.15. The van der Waals surface area contributed by atoms with Gasteiger partial charge in [0, 0.05) is 18.2 Å². The Morgan fingerprint density at radius 2 is 1.71 bits per heavy atom. The van der Waals surface area contributed by atoms with E-state index in [1.807, 2.05) is 0 Å². The number of rotatable bonds is 7. The average molecular weight is 297 g/mol. The predicted molar refractivity (Wildman–Crippen MR) is 74.3 cm³/mol. The molecule has 2 atom stereocenters. The zero-order valence-electron chi connectivity index (χ0n) is 11.5. The molecule has 1 aromatic rings. The zero-order chi connectivity index (χ0) is 16.2. The third-order valence-electron chi connectivity index (χ3n) is 2.93. The van der Waals surface area contributed by atoms with Gasteiger partial charge in [0.15, 0.2) is 5.69 Å². The largest absolute Gasteiger partial charge is 0.481 e. The molecule has 114 valence electrons. The maximum atomic E-state index is 11.0. The van der Waals surface area contributed by atoms with E-state index < -0.39 is 39.2 Å². The van der Waals surface area contributed by atoms with E-state index >= 15 is 0 Å². The fourth-order valence-corrected chi connectivity index (χ4v) is 1.92. The molecule has 1 aromatic carbocycles. The smallest absolute Gasteiger partial charge is 0.306 e. The maximum absolute atomic E-state index is 11.0. The molecule has 9 nitrogen and oxygen atoms in total. The van der Waals surface area contributed by atoms with E-state index in [4.69, 9.17) is 5.11 Å². The van der Waals surface area contributed by atoms with Gasteiger partial charge < -0.3 is 10.4 Å². The van der Waals surface area contributed by atoms with Crippen LogP contribution in [0.15, 0.2) is 18.2 Å². The standard InChI is InChI=1S/C12H15N3O6/c1-7(12(16)17)6-8(2)13-11-9(14(18)19)4-3-5-10(11)15(20)21/h3-5,7-8,13H,6H2,1-2H3,(H,16,17). The van der Waals surface area contributed by atoms with Gasteiger partial charge in [-0.25, -0.2) is 0 Å². The number of hydrogen-bond acceptors (Lipinski definition) is 6. The number of anilines is 1. The Bertz CT molecular complexity index is 542. The van der Waals surface area contributed by atoms with Crippen molar-refractivity contribution in [3.8, 4) is 0 Å². The molecule has 0 amide bonds. The molecule has 0 fully saturated rings. The van der Waals surface area contributed by atoms with E-state index in [2.05, 4.69) is 5.32 Å². The van der Waals surface area contributed by atoms with E-state index in [1.54, 1.807) is 6.92 Å². The first kappa shape index (κ1) is 16.3. The molecule has 21 heavy (non-hydrogen) atoms. The summed E-state index contributed by atoms with van der Waals surface area (Å²) in [5, 5.41) is 33.4. The molecule has 0 radical (unpaired) electrons. The SMILES string of the molecule is CC(CC(C)C(=O)O)Nc1c([N+](=O)[O-])cccc1[N+](=O)[O-]. The number of carboxylic acid groups (broad SMARTS) is 1. The zero-order valence-corrected chi connectivity index (χ0v) is 11.5. The molecular weight excluding hydrogens is 282 g/mol. The van der Waals surface area contributed by atoms with Crippen molar-refractivity contribution < 1.29 is 19.7 Å². The minimum atomic E-state index is -0.999. The molecule has 0 aliphatic carbocycles. The number of benzene rings is 1. The van der Waals surface area contributed by atoms with Crippen molar-refractivity contribution in [3.63, 3.8) is 0 Å². The van der Waals surface area contributed by atoms with E-state index in [1.165, 1.54) is 13.0 Å². The van der Waals surface area contributed by atoms with Crippen LogP contribution in [0.5, 0.6) is 0 Å². The highest BCUT2D eigenvalue weighted by Crippen LogP contribution is 2.34. The molecule has 0 aliphatic rings. The molecule has 9 heteroatoms. The minimum absolute atomic E-state index is 0.179. The van der Waals surface area contributed by atoms with Gasteiger partial charge in [-0.15, -0.1) is 0 Å². The van der Waals surface area contributed by atoms with Crippen LogP contribution in [0.1, 0.15) is 20.3 Å². The monoisotopic (exact) mass is 297 g/mol. The third kappa shape index (κ3) is 4.13. The maximum Gasteiger partial charge on any atom is 0.306 e. The highest BCUT2D eigenvalue weighted by molar-refractivity contribution is 5.74. The number of carboxylic acids is 1. The lowest BCUT2D eigenvalue weighted by Gasteiger charge is -2.17. The summed E-state index contributed by atoms with van der Waals surface area (Å²) in [5.74, 6) is -1.67. The van der Waals surface area contributed by atoms with Crippen LogP contribution in [0.25, 0.3) is 0 Å². The minimum Gasteiger partial charge on any atom is -0.481 e. The van der Waals surface area contributed by atoms with Gasteiger partial charge in [0.05, 0.1) is 15.8 Å². The predicted octanol–water partition coefficient (Wildman–Crippen LogP) is 2.41.